The largest absolute Gasteiger partial charge is 0.135 e. The third kappa shape index (κ3) is 13.9. The van der Waals surface area contributed by atoms with Crippen molar-refractivity contribution in [1.82, 2.24) is 0 Å². The number of thiophene rings is 1. The van der Waals surface area contributed by atoms with E-state index in [-0.39, 0.29) is 0 Å². The van der Waals surface area contributed by atoms with Gasteiger partial charge in [-0.2, -0.15) is 0 Å². The van der Waals surface area contributed by atoms with Crippen LogP contribution < -0.4 is 0 Å². The van der Waals surface area contributed by atoms with E-state index in [0.29, 0.717) is 0 Å². The molecular weight excluding hydrogens is 585 g/mol. The minimum absolute atomic E-state index is 1.21. The molecule has 0 aliphatic heterocycles. The molecular formula is C46H66S. The topological polar surface area (TPSA) is 0 Å². The summed E-state index contributed by atoms with van der Waals surface area (Å²) in [6.07, 6.45) is 33.4. The molecule has 0 saturated carbocycles. The highest BCUT2D eigenvalue weighted by Crippen LogP contribution is 2.39. The second-order valence-corrected chi connectivity index (χ2v) is 15.4. The first-order chi connectivity index (χ1) is 23.3. The van der Waals surface area contributed by atoms with Crippen molar-refractivity contribution in [1.29, 1.82) is 0 Å². The molecule has 0 unspecified atom stereocenters. The number of rotatable bonds is 26. The molecule has 0 amide bonds. The van der Waals surface area contributed by atoms with Gasteiger partial charge in [0.25, 0.3) is 0 Å². The van der Waals surface area contributed by atoms with E-state index in [2.05, 4.69) is 86.6 Å². The molecule has 0 aliphatic rings. The lowest BCUT2D eigenvalue weighted by Gasteiger charge is -2.07. The van der Waals surface area contributed by atoms with Gasteiger partial charge in [-0.1, -0.05) is 209 Å². The Morgan fingerprint density at radius 1 is 0.404 bits per heavy atom. The Balaban J connectivity index is 1.17. The molecule has 1 aromatic heterocycles. The summed E-state index contributed by atoms with van der Waals surface area (Å²) in [4.78, 5) is 1.38. The smallest absolute Gasteiger partial charge is 0.0427 e. The molecule has 0 radical (unpaired) electrons. The minimum Gasteiger partial charge on any atom is -0.135 e. The average Bonchev–Trinajstić information content (AvgIpc) is 3.55. The van der Waals surface area contributed by atoms with Crippen molar-refractivity contribution >= 4 is 21.4 Å². The van der Waals surface area contributed by atoms with Crippen LogP contribution in [0, 0.1) is 0 Å². The van der Waals surface area contributed by atoms with Gasteiger partial charge in [-0.05, 0) is 65.0 Å². The third-order valence-corrected chi connectivity index (χ3v) is 11.4. The summed E-state index contributed by atoms with van der Waals surface area (Å²) in [5.41, 5.74) is 7.03. The first-order valence-electron chi connectivity index (χ1n) is 20.0. The highest BCUT2D eigenvalue weighted by Gasteiger charge is 2.10. The van der Waals surface area contributed by atoms with E-state index in [0.717, 1.165) is 0 Å². The maximum atomic E-state index is 2.39. The normalized spacial score (nSPS) is 11.5. The van der Waals surface area contributed by atoms with E-state index in [1.807, 2.05) is 11.3 Å². The summed E-state index contributed by atoms with van der Waals surface area (Å²) < 4.78 is 1.41. The van der Waals surface area contributed by atoms with Gasteiger partial charge in [-0.25, -0.2) is 0 Å². The maximum Gasteiger partial charge on any atom is 0.0427 e. The number of hydrogen-bond donors (Lipinski definition) is 0. The van der Waals surface area contributed by atoms with Crippen LogP contribution in [-0.4, -0.2) is 0 Å². The number of unbranched alkanes of at least 4 members (excludes halogenated alkanes) is 20. The van der Waals surface area contributed by atoms with Crippen LogP contribution in [0.4, 0.5) is 0 Å². The van der Waals surface area contributed by atoms with Crippen molar-refractivity contribution in [3.63, 3.8) is 0 Å². The molecule has 1 heterocycles. The van der Waals surface area contributed by atoms with Crippen LogP contribution >= 0.6 is 11.3 Å². The molecule has 4 rings (SSSR count). The molecule has 256 valence electrons. The summed E-state index contributed by atoms with van der Waals surface area (Å²) in [6.45, 7) is 4.60. The van der Waals surface area contributed by atoms with Crippen LogP contribution in [0.3, 0.4) is 0 Å². The zero-order valence-corrected chi connectivity index (χ0v) is 31.1. The van der Waals surface area contributed by atoms with Crippen LogP contribution in [0.15, 0.2) is 72.8 Å². The van der Waals surface area contributed by atoms with Gasteiger partial charge in [0.15, 0.2) is 0 Å². The van der Waals surface area contributed by atoms with Crippen molar-refractivity contribution < 1.29 is 0 Å². The lowest BCUT2D eigenvalue weighted by Crippen LogP contribution is -1.87. The van der Waals surface area contributed by atoms with E-state index in [1.165, 1.54) is 197 Å². The van der Waals surface area contributed by atoms with E-state index in [4.69, 9.17) is 0 Å². The third-order valence-electron chi connectivity index (χ3n) is 10.2. The van der Waals surface area contributed by atoms with E-state index in [1.54, 1.807) is 0 Å². The SMILES string of the molecule is CCCCCCCCCCCCCc1ccc(-c2cc3cccc(-c4ccc(CCCCCCCCCCCCC)cc4)c3s2)cc1. The van der Waals surface area contributed by atoms with Crippen LogP contribution in [0.2, 0.25) is 0 Å². The zero-order valence-electron chi connectivity index (χ0n) is 30.3. The van der Waals surface area contributed by atoms with Crippen LogP contribution in [-0.2, 0) is 12.8 Å². The number of hydrogen-bond acceptors (Lipinski definition) is 1. The number of aryl methyl sites for hydroxylation is 2. The Bertz CT molecular complexity index is 1340. The first kappa shape index (κ1) is 37.4. The Morgan fingerprint density at radius 3 is 1.26 bits per heavy atom. The lowest BCUT2D eigenvalue weighted by molar-refractivity contribution is 0.549. The van der Waals surface area contributed by atoms with Gasteiger partial charge in [0.1, 0.15) is 0 Å². The van der Waals surface area contributed by atoms with Crippen molar-refractivity contribution in [2.45, 2.75) is 168 Å². The molecule has 3 aromatic carbocycles. The van der Waals surface area contributed by atoms with Crippen LogP contribution in [0.1, 0.15) is 166 Å². The summed E-state index contributed by atoms with van der Waals surface area (Å²) in [5, 5.41) is 1.36. The predicted octanol–water partition coefficient (Wildman–Crippen LogP) is 15.9. The monoisotopic (exact) mass is 650 g/mol. The molecule has 47 heavy (non-hydrogen) atoms. The van der Waals surface area contributed by atoms with Crippen molar-refractivity contribution in [3.8, 4) is 21.6 Å². The van der Waals surface area contributed by atoms with Crippen molar-refractivity contribution in [2.75, 3.05) is 0 Å². The molecule has 1 heteroatoms. The summed E-state index contributed by atoms with van der Waals surface area (Å²) in [7, 11) is 0. The minimum atomic E-state index is 1.21. The molecule has 0 bridgehead atoms. The highest BCUT2D eigenvalue weighted by molar-refractivity contribution is 7.22. The molecule has 0 spiro atoms. The quantitative estimate of drug-likeness (QED) is 0.0593. The van der Waals surface area contributed by atoms with Gasteiger partial charge < -0.3 is 0 Å². The van der Waals surface area contributed by atoms with Gasteiger partial charge in [-0.15, -0.1) is 11.3 Å². The number of fused-ring (bicyclic) bond motifs is 1. The molecule has 0 fully saturated rings. The van der Waals surface area contributed by atoms with Crippen LogP contribution in [0.25, 0.3) is 31.7 Å². The van der Waals surface area contributed by atoms with Gasteiger partial charge >= 0.3 is 0 Å². The fourth-order valence-electron chi connectivity index (χ4n) is 7.11. The average molecular weight is 651 g/mol. The van der Waals surface area contributed by atoms with Gasteiger partial charge in [-0.3, -0.25) is 0 Å². The highest BCUT2D eigenvalue weighted by atomic mass is 32.1. The molecule has 0 saturated heterocycles. The fourth-order valence-corrected chi connectivity index (χ4v) is 8.31. The first-order valence-corrected chi connectivity index (χ1v) is 20.8. The molecule has 4 aromatic rings. The summed E-state index contributed by atoms with van der Waals surface area (Å²) in [5.74, 6) is 0. The Kier molecular flexibility index (Phi) is 18.4. The fraction of sp³-hybridized carbons (Fsp3) is 0.565. The second-order valence-electron chi connectivity index (χ2n) is 14.3. The van der Waals surface area contributed by atoms with Gasteiger partial charge in [0.05, 0.1) is 0 Å². The van der Waals surface area contributed by atoms with Gasteiger partial charge in [0.2, 0.25) is 0 Å². The molecule has 0 aliphatic carbocycles. The molecule has 0 atom stereocenters. The van der Waals surface area contributed by atoms with Gasteiger partial charge in [0, 0.05) is 9.58 Å². The Morgan fingerprint density at radius 2 is 0.809 bits per heavy atom. The predicted molar refractivity (Wildman–Crippen MR) is 213 cm³/mol. The van der Waals surface area contributed by atoms with Crippen molar-refractivity contribution in [3.05, 3.63) is 83.9 Å². The summed E-state index contributed by atoms with van der Waals surface area (Å²) in [6, 6.07) is 28.1. The Labute approximate surface area is 293 Å². The van der Waals surface area contributed by atoms with E-state index in [9.17, 15) is 0 Å². The number of benzene rings is 3. The van der Waals surface area contributed by atoms with Crippen molar-refractivity contribution in [2.24, 2.45) is 0 Å². The molecule has 0 nitrogen and oxygen atoms in total. The summed E-state index contributed by atoms with van der Waals surface area (Å²) >= 11 is 1.95. The Hall–Kier alpha value is -2.38. The standard InChI is InChI=1S/C46H66S/c1-3-5-7-9-11-13-15-17-19-21-23-26-39-30-34-41(35-31-39)44-29-25-28-43-38-45(47-46(43)44)42-36-32-40(33-37-42)27-24-22-20-18-16-14-12-10-8-6-4-2/h25,28-38H,3-24,26-27H2,1-2H3. The maximum absolute atomic E-state index is 2.39. The lowest BCUT2D eigenvalue weighted by atomic mass is 9.99. The molecule has 0 N–H and O–H groups in total. The van der Waals surface area contributed by atoms with Crippen LogP contribution in [0.5, 0.6) is 0 Å². The second kappa shape index (κ2) is 23.1. The van der Waals surface area contributed by atoms with E-state index < -0.39 is 0 Å². The van der Waals surface area contributed by atoms with E-state index >= 15 is 0 Å². The zero-order chi connectivity index (χ0) is 32.8.